The summed E-state index contributed by atoms with van der Waals surface area (Å²) in [7, 11) is 0. The summed E-state index contributed by atoms with van der Waals surface area (Å²) < 4.78 is 5.48. The number of allylic oxidation sites excluding steroid dienone is 2. The molecule has 0 saturated carbocycles. The Morgan fingerprint density at radius 1 is 1.64 bits per heavy atom. The highest BCUT2D eigenvalue weighted by atomic mass is 16.5. The molecule has 0 heterocycles. The van der Waals surface area contributed by atoms with E-state index in [2.05, 4.69) is 12.7 Å². The lowest BCUT2D eigenvalue weighted by molar-refractivity contribution is 0.203. The number of rotatable bonds is 4. The van der Waals surface area contributed by atoms with Crippen LogP contribution in [0.3, 0.4) is 0 Å². The third-order valence-corrected chi connectivity index (χ3v) is 1.57. The van der Waals surface area contributed by atoms with E-state index in [9.17, 15) is 0 Å². The minimum atomic E-state index is 0.851. The largest absolute Gasteiger partial charge is 0.498 e. The Labute approximate surface area is 68.1 Å². The summed E-state index contributed by atoms with van der Waals surface area (Å²) in [6, 6.07) is 0. The maximum Gasteiger partial charge on any atom is 0.101 e. The van der Waals surface area contributed by atoms with Gasteiger partial charge in [-0.15, -0.1) is 5.73 Å². The molecule has 0 fully saturated rings. The number of unbranched alkanes of at least 4 members (excludes halogenated alkanes) is 1. The van der Waals surface area contributed by atoms with Gasteiger partial charge in [-0.1, -0.05) is 13.3 Å². The van der Waals surface area contributed by atoms with Gasteiger partial charge in [0.2, 0.25) is 0 Å². The van der Waals surface area contributed by atoms with E-state index >= 15 is 0 Å². The first-order valence-corrected chi connectivity index (χ1v) is 4.16. The Bertz CT molecular complexity index is 195. The second kappa shape index (κ2) is 4.81. The Morgan fingerprint density at radius 2 is 2.55 bits per heavy atom. The number of hydrogen-bond acceptors (Lipinski definition) is 1. The highest BCUT2D eigenvalue weighted by molar-refractivity contribution is 5.15. The van der Waals surface area contributed by atoms with Gasteiger partial charge >= 0.3 is 0 Å². The zero-order valence-electron chi connectivity index (χ0n) is 6.97. The van der Waals surface area contributed by atoms with Crippen LogP contribution in [-0.2, 0) is 4.74 Å². The minimum absolute atomic E-state index is 0.851. The van der Waals surface area contributed by atoms with Crippen molar-refractivity contribution in [2.45, 2.75) is 26.2 Å². The van der Waals surface area contributed by atoms with Gasteiger partial charge in [-0.05, 0) is 24.6 Å². The highest BCUT2D eigenvalue weighted by Gasteiger charge is 1.95. The quantitative estimate of drug-likeness (QED) is 0.442. The fourth-order valence-corrected chi connectivity index (χ4v) is 0.891. The van der Waals surface area contributed by atoms with Crippen LogP contribution in [0.2, 0.25) is 0 Å². The summed E-state index contributed by atoms with van der Waals surface area (Å²) in [5.41, 5.74) is 3.00. The van der Waals surface area contributed by atoms with Crippen LogP contribution in [0.4, 0.5) is 0 Å². The van der Waals surface area contributed by atoms with Crippen molar-refractivity contribution in [3.63, 3.8) is 0 Å². The lowest BCUT2D eigenvalue weighted by Crippen LogP contribution is -1.94. The maximum absolute atomic E-state index is 5.48. The molecule has 0 aromatic rings. The average molecular weight is 150 g/mol. The summed E-state index contributed by atoms with van der Waals surface area (Å²) in [6.07, 6.45) is 9.10. The van der Waals surface area contributed by atoms with Crippen molar-refractivity contribution in [2.75, 3.05) is 6.61 Å². The zero-order valence-corrected chi connectivity index (χ0v) is 6.97. The predicted octanol–water partition coefficient (Wildman–Crippen LogP) is 2.80. The SMILES string of the molecule is CCCCOC1=CC=C=CC1. The van der Waals surface area contributed by atoms with Gasteiger partial charge in [0.25, 0.3) is 0 Å². The maximum atomic E-state index is 5.48. The summed E-state index contributed by atoms with van der Waals surface area (Å²) in [5.74, 6) is 1.07. The number of hydrogen-bond donors (Lipinski definition) is 0. The molecular formula is C10H14O. The lowest BCUT2D eigenvalue weighted by Gasteiger charge is -2.07. The van der Waals surface area contributed by atoms with Gasteiger partial charge in [-0.25, -0.2) is 0 Å². The molecule has 0 bridgehead atoms. The van der Waals surface area contributed by atoms with Crippen molar-refractivity contribution >= 4 is 0 Å². The Balaban J connectivity index is 2.18. The smallest absolute Gasteiger partial charge is 0.101 e. The molecule has 0 N–H and O–H groups in total. The van der Waals surface area contributed by atoms with Crippen LogP contribution in [0.5, 0.6) is 0 Å². The predicted molar refractivity (Wildman–Crippen MR) is 46.2 cm³/mol. The van der Waals surface area contributed by atoms with Crippen LogP contribution in [0.25, 0.3) is 0 Å². The van der Waals surface area contributed by atoms with Crippen molar-refractivity contribution in [3.05, 3.63) is 29.7 Å². The van der Waals surface area contributed by atoms with Crippen LogP contribution in [0.15, 0.2) is 29.7 Å². The van der Waals surface area contributed by atoms with E-state index in [-0.39, 0.29) is 0 Å². The van der Waals surface area contributed by atoms with E-state index in [0.717, 1.165) is 25.2 Å². The molecule has 0 unspecified atom stereocenters. The van der Waals surface area contributed by atoms with E-state index in [1.165, 1.54) is 6.42 Å². The van der Waals surface area contributed by atoms with Gasteiger partial charge in [0.05, 0.1) is 6.61 Å². The van der Waals surface area contributed by atoms with Crippen LogP contribution in [0.1, 0.15) is 26.2 Å². The lowest BCUT2D eigenvalue weighted by atomic mass is 10.2. The molecule has 0 amide bonds. The summed E-state index contributed by atoms with van der Waals surface area (Å²) in [4.78, 5) is 0. The molecule has 1 rings (SSSR count). The standard InChI is InChI=1S/C10H14O/c1-2-3-9-11-10-7-5-4-6-8-10/h5-7H,2-3,8-9H2,1H3. The van der Waals surface area contributed by atoms with Gasteiger partial charge in [-0.3, -0.25) is 0 Å². The summed E-state index contributed by atoms with van der Waals surface area (Å²) in [6.45, 7) is 3.02. The van der Waals surface area contributed by atoms with Gasteiger partial charge < -0.3 is 4.74 Å². The monoisotopic (exact) mass is 150 g/mol. The molecule has 0 radical (unpaired) electrons. The van der Waals surface area contributed by atoms with E-state index in [4.69, 9.17) is 4.74 Å². The van der Waals surface area contributed by atoms with E-state index < -0.39 is 0 Å². The van der Waals surface area contributed by atoms with Crippen molar-refractivity contribution in [3.8, 4) is 0 Å². The second-order valence-corrected chi connectivity index (χ2v) is 2.58. The van der Waals surface area contributed by atoms with E-state index in [1.807, 2.05) is 18.2 Å². The molecule has 1 heteroatoms. The minimum Gasteiger partial charge on any atom is -0.498 e. The van der Waals surface area contributed by atoms with Gasteiger partial charge in [0.1, 0.15) is 5.76 Å². The molecule has 60 valence electrons. The summed E-state index contributed by atoms with van der Waals surface area (Å²) >= 11 is 0. The third kappa shape index (κ3) is 3.10. The van der Waals surface area contributed by atoms with Crippen LogP contribution < -0.4 is 0 Å². The molecular weight excluding hydrogens is 136 g/mol. The molecule has 0 aliphatic heterocycles. The second-order valence-electron chi connectivity index (χ2n) is 2.58. The molecule has 0 atom stereocenters. The van der Waals surface area contributed by atoms with Crippen molar-refractivity contribution in [2.24, 2.45) is 0 Å². The van der Waals surface area contributed by atoms with Crippen molar-refractivity contribution in [1.29, 1.82) is 0 Å². The Kier molecular flexibility index (Phi) is 3.57. The number of ether oxygens (including phenoxy) is 1. The molecule has 1 aliphatic rings. The molecule has 0 aromatic heterocycles. The third-order valence-electron chi connectivity index (χ3n) is 1.57. The molecule has 0 saturated heterocycles. The first-order chi connectivity index (χ1) is 5.43. The Morgan fingerprint density at radius 3 is 3.18 bits per heavy atom. The molecule has 0 aromatic carbocycles. The zero-order chi connectivity index (χ0) is 7.94. The first-order valence-electron chi connectivity index (χ1n) is 4.16. The first kappa shape index (κ1) is 8.16. The summed E-state index contributed by atoms with van der Waals surface area (Å²) in [5, 5.41) is 0. The molecule has 1 nitrogen and oxygen atoms in total. The van der Waals surface area contributed by atoms with Crippen LogP contribution in [0, 0.1) is 0 Å². The van der Waals surface area contributed by atoms with Gasteiger partial charge in [0.15, 0.2) is 0 Å². The molecule has 11 heavy (non-hydrogen) atoms. The van der Waals surface area contributed by atoms with Crippen LogP contribution in [-0.4, -0.2) is 6.61 Å². The fraction of sp³-hybridized carbons (Fsp3) is 0.500. The van der Waals surface area contributed by atoms with Crippen LogP contribution >= 0.6 is 0 Å². The highest BCUT2D eigenvalue weighted by Crippen LogP contribution is 2.08. The fourth-order valence-electron chi connectivity index (χ4n) is 0.891. The molecule has 1 aliphatic carbocycles. The topological polar surface area (TPSA) is 9.23 Å². The van der Waals surface area contributed by atoms with Gasteiger partial charge in [0, 0.05) is 6.42 Å². The van der Waals surface area contributed by atoms with Gasteiger partial charge in [-0.2, -0.15) is 0 Å². The van der Waals surface area contributed by atoms with Crippen molar-refractivity contribution in [1.82, 2.24) is 0 Å². The Hall–Kier alpha value is -0.940. The molecule has 0 spiro atoms. The normalized spacial score (nSPS) is 14.8. The van der Waals surface area contributed by atoms with E-state index in [0.29, 0.717) is 0 Å². The van der Waals surface area contributed by atoms with E-state index in [1.54, 1.807) is 0 Å². The average Bonchev–Trinajstić information content (AvgIpc) is 2.07. The van der Waals surface area contributed by atoms with Crippen molar-refractivity contribution < 1.29 is 4.74 Å².